The van der Waals surface area contributed by atoms with Gasteiger partial charge in [0.25, 0.3) is 0 Å². The average Bonchev–Trinajstić information content (AvgIpc) is 3.21. The summed E-state index contributed by atoms with van der Waals surface area (Å²) in [6, 6.07) is 36.1. The molecule has 0 amide bonds. The lowest BCUT2D eigenvalue weighted by molar-refractivity contribution is 0.670. The van der Waals surface area contributed by atoms with Crippen molar-refractivity contribution in [1.82, 2.24) is 0 Å². The molecule has 2 heteroatoms. The molecular formula is C30H17ClO. The molecule has 0 fully saturated rings. The molecule has 0 aliphatic heterocycles. The first-order valence-corrected chi connectivity index (χ1v) is 11.1. The summed E-state index contributed by atoms with van der Waals surface area (Å²) in [6.45, 7) is 0. The first kappa shape index (κ1) is 17.8. The molecule has 0 saturated heterocycles. The molecule has 0 N–H and O–H groups in total. The van der Waals surface area contributed by atoms with E-state index in [1.807, 2.05) is 18.2 Å². The lowest BCUT2D eigenvalue weighted by atomic mass is 9.80. The van der Waals surface area contributed by atoms with E-state index >= 15 is 0 Å². The number of furan rings is 1. The summed E-state index contributed by atoms with van der Waals surface area (Å²) in [6.07, 6.45) is 0. The number of hydrogen-bond donors (Lipinski definition) is 0. The van der Waals surface area contributed by atoms with Crippen LogP contribution in [0.3, 0.4) is 0 Å². The Balaban J connectivity index is 1.74. The van der Waals surface area contributed by atoms with Crippen LogP contribution < -0.4 is 0 Å². The summed E-state index contributed by atoms with van der Waals surface area (Å²) in [5.74, 6) is 0. The number of rotatable bonds is 0. The maximum Gasteiger partial charge on any atom is 0.143 e. The smallest absolute Gasteiger partial charge is 0.143 e. The highest BCUT2D eigenvalue weighted by molar-refractivity contribution is 6.31. The minimum atomic E-state index is 0.728. The van der Waals surface area contributed by atoms with Gasteiger partial charge < -0.3 is 4.42 Å². The average molecular weight is 429 g/mol. The largest absolute Gasteiger partial charge is 0.455 e. The van der Waals surface area contributed by atoms with Crippen LogP contribution in [-0.2, 0) is 0 Å². The van der Waals surface area contributed by atoms with E-state index in [4.69, 9.17) is 16.0 Å². The Morgan fingerprint density at radius 3 is 1.84 bits per heavy atom. The van der Waals surface area contributed by atoms with E-state index < -0.39 is 0 Å². The fraction of sp³-hybridized carbons (Fsp3) is 0. The van der Waals surface area contributed by atoms with Gasteiger partial charge >= 0.3 is 0 Å². The minimum absolute atomic E-state index is 0.728. The Bertz CT molecular complexity index is 1690. The molecule has 0 bridgehead atoms. The van der Waals surface area contributed by atoms with Crippen LogP contribution in [-0.4, -0.2) is 0 Å². The summed E-state index contributed by atoms with van der Waals surface area (Å²) in [7, 11) is 0. The minimum Gasteiger partial charge on any atom is -0.455 e. The van der Waals surface area contributed by atoms with Gasteiger partial charge in [0.05, 0.1) is 0 Å². The van der Waals surface area contributed by atoms with Crippen molar-refractivity contribution >= 4 is 33.5 Å². The fourth-order valence-corrected chi connectivity index (χ4v) is 5.32. The second-order valence-corrected chi connectivity index (χ2v) is 8.68. The quantitative estimate of drug-likeness (QED) is 0.234. The molecule has 1 heterocycles. The van der Waals surface area contributed by atoms with Gasteiger partial charge in [-0.1, -0.05) is 90.5 Å². The van der Waals surface area contributed by atoms with Gasteiger partial charge in [0, 0.05) is 21.4 Å². The van der Waals surface area contributed by atoms with Crippen molar-refractivity contribution in [3.8, 4) is 44.5 Å². The second kappa shape index (κ2) is 6.59. The molecule has 0 spiro atoms. The van der Waals surface area contributed by atoms with Crippen molar-refractivity contribution in [2.45, 2.75) is 0 Å². The van der Waals surface area contributed by atoms with Gasteiger partial charge in [0.2, 0.25) is 0 Å². The van der Waals surface area contributed by atoms with Crippen LogP contribution in [0.5, 0.6) is 0 Å². The molecule has 0 radical (unpaired) electrons. The molecule has 7 rings (SSSR count). The summed E-state index contributed by atoms with van der Waals surface area (Å²) < 4.78 is 6.50. The van der Waals surface area contributed by atoms with E-state index in [2.05, 4.69) is 84.9 Å². The summed E-state index contributed by atoms with van der Waals surface area (Å²) in [4.78, 5) is 0. The zero-order valence-electron chi connectivity index (χ0n) is 17.1. The molecule has 150 valence electrons. The number of fused-ring (bicyclic) bond motifs is 12. The highest BCUT2D eigenvalue weighted by Gasteiger charge is 2.25. The van der Waals surface area contributed by atoms with Crippen molar-refractivity contribution < 1.29 is 4.42 Å². The van der Waals surface area contributed by atoms with Gasteiger partial charge in [-0.3, -0.25) is 0 Å². The molecule has 1 aliphatic rings. The van der Waals surface area contributed by atoms with E-state index in [1.165, 1.54) is 27.8 Å². The molecule has 1 aromatic heterocycles. The van der Waals surface area contributed by atoms with Crippen LogP contribution in [0, 0.1) is 0 Å². The Morgan fingerprint density at radius 1 is 0.469 bits per heavy atom. The SMILES string of the molecule is Clc1ccc2c(c1)-c1ccc3c(oc4ccccc43)c1-c1ccccc1-c1ccccc1-2. The van der Waals surface area contributed by atoms with Crippen LogP contribution >= 0.6 is 11.6 Å². The lowest BCUT2D eigenvalue weighted by Gasteiger charge is -2.23. The predicted molar refractivity (Wildman–Crippen MR) is 134 cm³/mol. The van der Waals surface area contributed by atoms with E-state index in [1.54, 1.807) is 0 Å². The number of para-hydroxylation sites is 1. The molecule has 0 saturated carbocycles. The van der Waals surface area contributed by atoms with Crippen molar-refractivity contribution in [2.75, 3.05) is 0 Å². The third kappa shape index (κ3) is 2.40. The second-order valence-electron chi connectivity index (χ2n) is 8.24. The summed E-state index contributed by atoms with van der Waals surface area (Å²) in [5.41, 5.74) is 11.2. The molecular weight excluding hydrogens is 412 g/mol. The van der Waals surface area contributed by atoms with Crippen molar-refractivity contribution in [1.29, 1.82) is 0 Å². The van der Waals surface area contributed by atoms with Crippen molar-refractivity contribution in [3.63, 3.8) is 0 Å². The van der Waals surface area contributed by atoms with Crippen molar-refractivity contribution in [3.05, 3.63) is 108 Å². The zero-order chi connectivity index (χ0) is 21.2. The highest BCUT2D eigenvalue weighted by atomic mass is 35.5. The Kier molecular flexibility index (Phi) is 3.67. The van der Waals surface area contributed by atoms with Gasteiger partial charge in [0.15, 0.2) is 0 Å². The predicted octanol–water partition coefficient (Wildman–Crippen LogP) is 9.22. The lowest BCUT2D eigenvalue weighted by Crippen LogP contribution is -1.97. The van der Waals surface area contributed by atoms with Gasteiger partial charge in [-0.25, -0.2) is 0 Å². The zero-order valence-corrected chi connectivity index (χ0v) is 17.9. The van der Waals surface area contributed by atoms with E-state index in [-0.39, 0.29) is 0 Å². The Morgan fingerprint density at radius 2 is 1.06 bits per heavy atom. The molecule has 1 aliphatic carbocycles. The first-order chi connectivity index (χ1) is 15.8. The molecule has 0 atom stereocenters. The van der Waals surface area contributed by atoms with Crippen LogP contribution in [0.4, 0.5) is 0 Å². The fourth-order valence-electron chi connectivity index (χ4n) is 5.14. The highest BCUT2D eigenvalue weighted by Crippen LogP contribution is 2.51. The van der Waals surface area contributed by atoms with E-state index in [9.17, 15) is 0 Å². The van der Waals surface area contributed by atoms with Gasteiger partial charge in [-0.2, -0.15) is 0 Å². The van der Waals surface area contributed by atoms with Crippen LogP contribution in [0.15, 0.2) is 108 Å². The van der Waals surface area contributed by atoms with E-state index in [0.717, 1.165) is 43.7 Å². The number of halogens is 1. The third-order valence-corrected chi connectivity index (χ3v) is 6.76. The Hall–Kier alpha value is -3.81. The molecule has 6 aromatic rings. The van der Waals surface area contributed by atoms with Crippen LogP contribution in [0.1, 0.15) is 0 Å². The molecule has 32 heavy (non-hydrogen) atoms. The first-order valence-electron chi connectivity index (χ1n) is 10.7. The van der Waals surface area contributed by atoms with Gasteiger partial charge in [0.1, 0.15) is 11.2 Å². The van der Waals surface area contributed by atoms with Crippen LogP contribution in [0.2, 0.25) is 5.02 Å². The maximum atomic E-state index is 6.52. The molecule has 5 aromatic carbocycles. The standard InChI is InChI=1S/C30H17ClO/c31-18-13-14-22-20-8-2-1-7-19(20)21-9-3-4-11-24(21)29-25(27(22)17-18)15-16-26-23-10-5-6-12-28(23)32-30(26)29/h1-17H. The number of hydrogen-bond acceptors (Lipinski definition) is 1. The maximum absolute atomic E-state index is 6.52. The Labute approximate surface area is 190 Å². The van der Waals surface area contributed by atoms with Gasteiger partial charge in [-0.15, -0.1) is 0 Å². The molecule has 0 unspecified atom stereocenters. The normalized spacial score (nSPS) is 11.9. The summed E-state index contributed by atoms with van der Waals surface area (Å²) in [5, 5.41) is 2.99. The monoisotopic (exact) mass is 428 g/mol. The topological polar surface area (TPSA) is 13.1 Å². The van der Waals surface area contributed by atoms with E-state index in [0.29, 0.717) is 0 Å². The van der Waals surface area contributed by atoms with Gasteiger partial charge in [-0.05, 0) is 63.2 Å². The third-order valence-electron chi connectivity index (χ3n) is 6.52. The summed E-state index contributed by atoms with van der Waals surface area (Å²) >= 11 is 6.52. The van der Waals surface area contributed by atoms with Crippen LogP contribution in [0.25, 0.3) is 66.4 Å². The van der Waals surface area contributed by atoms with Crippen molar-refractivity contribution in [2.24, 2.45) is 0 Å². The number of benzene rings is 5. The molecule has 1 nitrogen and oxygen atoms in total.